The first-order chi connectivity index (χ1) is 9.15. The molecule has 2 heterocycles. The van der Waals surface area contributed by atoms with Crippen molar-refractivity contribution >= 4 is 0 Å². The number of aromatic nitrogens is 2. The highest BCUT2D eigenvalue weighted by atomic mass is 19.2. The van der Waals surface area contributed by atoms with E-state index in [2.05, 4.69) is 22.4 Å². The Morgan fingerprint density at radius 1 is 1.26 bits per heavy atom. The van der Waals surface area contributed by atoms with Gasteiger partial charge in [0.05, 0.1) is 5.92 Å². The normalized spacial score (nSPS) is 22.9. The standard InChI is InChI=1S/C13H13F2N3O/c1-7-5-16-6-9(7)13-17-12(18-19-13)8-2-3-10(14)11(15)4-8/h2-4,7,9,16H,5-6H2,1H3. The molecule has 0 amide bonds. The first-order valence-corrected chi connectivity index (χ1v) is 6.15. The monoisotopic (exact) mass is 265 g/mol. The highest BCUT2D eigenvalue weighted by Crippen LogP contribution is 2.28. The molecule has 2 unspecified atom stereocenters. The summed E-state index contributed by atoms with van der Waals surface area (Å²) in [5.41, 5.74) is 0.410. The summed E-state index contributed by atoms with van der Waals surface area (Å²) in [6.07, 6.45) is 0. The summed E-state index contributed by atoms with van der Waals surface area (Å²) in [6, 6.07) is 3.56. The van der Waals surface area contributed by atoms with E-state index in [1.54, 1.807) is 0 Å². The van der Waals surface area contributed by atoms with Gasteiger partial charge in [-0.25, -0.2) is 8.78 Å². The Morgan fingerprint density at radius 2 is 2.11 bits per heavy atom. The summed E-state index contributed by atoms with van der Waals surface area (Å²) in [5, 5.41) is 7.08. The molecule has 0 aliphatic carbocycles. The van der Waals surface area contributed by atoms with Crippen LogP contribution in [0.15, 0.2) is 22.7 Å². The quantitative estimate of drug-likeness (QED) is 0.905. The third kappa shape index (κ3) is 2.23. The minimum atomic E-state index is -0.917. The highest BCUT2D eigenvalue weighted by molar-refractivity contribution is 5.54. The number of hydrogen-bond acceptors (Lipinski definition) is 4. The Hall–Kier alpha value is -1.82. The van der Waals surface area contributed by atoms with Gasteiger partial charge in [0, 0.05) is 12.1 Å². The van der Waals surface area contributed by atoms with Gasteiger partial charge in [-0.2, -0.15) is 4.98 Å². The predicted molar refractivity (Wildman–Crippen MR) is 64.4 cm³/mol. The van der Waals surface area contributed by atoms with Crippen molar-refractivity contribution < 1.29 is 13.3 Å². The van der Waals surface area contributed by atoms with Crippen LogP contribution in [-0.4, -0.2) is 23.2 Å². The van der Waals surface area contributed by atoms with Crippen LogP contribution >= 0.6 is 0 Å². The second-order valence-corrected chi connectivity index (χ2v) is 4.83. The van der Waals surface area contributed by atoms with Gasteiger partial charge in [-0.1, -0.05) is 12.1 Å². The van der Waals surface area contributed by atoms with Crippen molar-refractivity contribution in [3.8, 4) is 11.4 Å². The maximum absolute atomic E-state index is 13.2. The number of halogens is 2. The van der Waals surface area contributed by atoms with Crippen LogP contribution in [0.2, 0.25) is 0 Å². The van der Waals surface area contributed by atoms with Gasteiger partial charge in [0.25, 0.3) is 0 Å². The van der Waals surface area contributed by atoms with Gasteiger partial charge >= 0.3 is 0 Å². The minimum Gasteiger partial charge on any atom is -0.339 e. The third-order valence-electron chi connectivity index (χ3n) is 3.45. The van der Waals surface area contributed by atoms with Crippen LogP contribution in [0.5, 0.6) is 0 Å². The van der Waals surface area contributed by atoms with Crippen LogP contribution in [0.4, 0.5) is 8.78 Å². The summed E-state index contributed by atoms with van der Waals surface area (Å²) >= 11 is 0. The van der Waals surface area contributed by atoms with Gasteiger partial charge in [0.2, 0.25) is 11.7 Å². The highest BCUT2D eigenvalue weighted by Gasteiger charge is 2.29. The fourth-order valence-corrected chi connectivity index (χ4v) is 2.28. The molecule has 1 aliphatic rings. The van der Waals surface area contributed by atoms with Crippen molar-refractivity contribution in [3.63, 3.8) is 0 Å². The zero-order valence-electron chi connectivity index (χ0n) is 10.4. The fourth-order valence-electron chi connectivity index (χ4n) is 2.28. The molecule has 6 heteroatoms. The van der Waals surface area contributed by atoms with E-state index in [1.165, 1.54) is 6.07 Å². The van der Waals surface area contributed by atoms with Crippen molar-refractivity contribution in [2.24, 2.45) is 5.92 Å². The number of benzene rings is 1. The van der Waals surface area contributed by atoms with Crippen LogP contribution in [0.25, 0.3) is 11.4 Å². The van der Waals surface area contributed by atoms with Crippen molar-refractivity contribution in [2.45, 2.75) is 12.8 Å². The molecule has 1 saturated heterocycles. The van der Waals surface area contributed by atoms with E-state index >= 15 is 0 Å². The number of hydrogen-bond donors (Lipinski definition) is 1. The van der Waals surface area contributed by atoms with E-state index in [9.17, 15) is 8.78 Å². The molecule has 4 nitrogen and oxygen atoms in total. The number of nitrogens with one attached hydrogen (secondary N) is 1. The van der Waals surface area contributed by atoms with Crippen LogP contribution in [0.3, 0.4) is 0 Å². The van der Waals surface area contributed by atoms with Gasteiger partial charge in [-0.05, 0) is 30.7 Å². The summed E-state index contributed by atoms with van der Waals surface area (Å²) in [7, 11) is 0. The molecule has 0 radical (unpaired) electrons. The molecule has 1 aromatic carbocycles. The van der Waals surface area contributed by atoms with Crippen LogP contribution < -0.4 is 5.32 Å². The molecule has 2 atom stereocenters. The van der Waals surface area contributed by atoms with Crippen molar-refractivity contribution in [2.75, 3.05) is 13.1 Å². The third-order valence-corrected chi connectivity index (χ3v) is 3.45. The van der Waals surface area contributed by atoms with Gasteiger partial charge in [-0.3, -0.25) is 0 Å². The Balaban J connectivity index is 1.90. The van der Waals surface area contributed by atoms with Gasteiger partial charge < -0.3 is 9.84 Å². The maximum atomic E-state index is 13.2. The lowest BCUT2D eigenvalue weighted by atomic mass is 9.98. The van der Waals surface area contributed by atoms with Crippen LogP contribution in [0.1, 0.15) is 18.7 Å². The van der Waals surface area contributed by atoms with Crippen molar-refractivity contribution in [3.05, 3.63) is 35.7 Å². The van der Waals surface area contributed by atoms with E-state index in [0.717, 1.165) is 25.2 Å². The molecule has 0 spiro atoms. The number of nitrogens with zero attached hydrogens (tertiary/aromatic N) is 2. The zero-order chi connectivity index (χ0) is 13.4. The summed E-state index contributed by atoms with van der Waals surface area (Å²) in [4.78, 5) is 4.28. The second-order valence-electron chi connectivity index (χ2n) is 4.83. The Morgan fingerprint density at radius 3 is 2.79 bits per heavy atom. The molecule has 19 heavy (non-hydrogen) atoms. The number of rotatable bonds is 2. The summed E-state index contributed by atoms with van der Waals surface area (Å²) < 4.78 is 31.3. The first-order valence-electron chi connectivity index (χ1n) is 6.15. The van der Waals surface area contributed by atoms with E-state index in [0.29, 0.717) is 17.4 Å². The van der Waals surface area contributed by atoms with E-state index in [-0.39, 0.29) is 11.7 Å². The van der Waals surface area contributed by atoms with E-state index < -0.39 is 11.6 Å². The van der Waals surface area contributed by atoms with Crippen LogP contribution in [-0.2, 0) is 0 Å². The molecule has 0 bridgehead atoms. The Labute approximate surface area is 108 Å². The maximum Gasteiger partial charge on any atom is 0.231 e. The SMILES string of the molecule is CC1CNCC1c1nc(-c2ccc(F)c(F)c2)no1. The molecule has 1 N–H and O–H groups in total. The zero-order valence-corrected chi connectivity index (χ0v) is 10.4. The molecule has 1 fully saturated rings. The fraction of sp³-hybridized carbons (Fsp3) is 0.385. The smallest absolute Gasteiger partial charge is 0.231 e. The Kier molecular flexibility index (Phi) is 3.02. The Bertz CT molecular complexity index is 599. The molecule has 3 rings (SSSR count). The average molecular weight is 265 g/mol. The minimum absolute atomic E-state index is 0.173. The first kappa shape index (κ1) is 12.2. The van der Waals surface area contributed by atoms with Crippen LogP contribution in [0, 0.1) is 17.6 Å². The van der Waals surface area contributed by atoms with E-state index in [4.69, 9.17) is 4.52 Å². The molecule has 100 valence electrons. The molecule has 1 aliphatic heterocycles. The lowest BCUT2D eigenvalue weighted by Crippen LogP contribution is -2.08. The summed E-state index contributed by atoms with van der Waals surface area (Å²) in [5.74, 6) is -0.393. The van der Waals surface area contributed by atoms with E-state index in [1.807, 2.05) is 0 Å². The topological polar surface area (TPSA) is 51.0 Å². The molecule has 0 saturated carbocycles. The van der Waals surface area contributed by atoms with Crippen molar-refractivity contribution in [1.29, 1.82) is 0 Å². The van der Waals surface area contributed by atoms with Gasteiger partial charge in [0.15, 0.2) is 11.6 Å². The second kappa shape index (κ2) is 4.70. The lowest BCUT2D eigenvalue weighted by Gasteiger charge is -2.07. The molecular formula is C13H13F2N3O. The van der Waals surface area contributed by atoms with Gasteiger partial charge in [0.1, 0.15) is 0 Å². The lowest BCUT2D eigenvalue weighted by molar-refractivity contribution is 0.340. The molecular weight excluding hydrogens is 252 g/mol. The molecule has 2 aromatic rings. The largest absolute Gasteiger partial charge is 0.339 e. The summed E-state index contributed by atoms with van der Waals surface area (Å²) in [6.45, 7) is 3.81. The molecule has 1 aromatic heterocycles. The van der Waals surface area contributed by atoms with Crippen molar-refractivity contribution in [1.82, 2.24) is 15.5 Å². The average Bonchev–Trinajstić information content (AvgIpc) is 3.01. The predicted octanol–water partition coefficient (Wildman–Crippen LogP) is 2.34. The van der Waals surface area contributed by atoms with Gasteiger partial charge in [-0.15, -0.1) is 0 Å².